The predicted molar refractivity (Wildman–Crippen MR) is 195 cm³/mol. The van der Waals surface area contributed by atoms with Crippen molar-refractivity contribution in [2.24, 2.45) is 17.8 Å². The van der Waals surface area contributed by atoms with Crippen LogP contribution in [0.15, 0.2) is 35.7 Å². The second-order valence-electron chi connectivity index (χ2n) is 14.0. The van der Waals surface area contributed by atoms with Crippen LogP contribution in [0.4, 0.5) is 26.3 Å². The molecule has 0 radical (unpaired) electrons. The molecule has 5 atom stereocenters. The first kappa shape index (κ1) is 47.9. The lowest BCUT2D eigenvalue weighted by molar-refractivity contribution is -0.290. The summed E-state index contributed by atoms with van der Waals surface area (Å²) in [5, 5.41) is 18.3. The Morgan fingerprint density at radius 1 is 0.929 bits per heavy atom. The number of thiazole rings is 1. The molecule has 0 spiro atoms. The van der Waals surface area contributed by atoms with E-state index in [-0.39, 0.29) is 30.0 Å². The predicted octanol–water partition coefficient (Wildman–Crippen LogP) is 6.08. The van der Waals surface area contributed by atoms with Crippen LogP contribution in [0.5, 0.6) is 0 Å². The molecule has 4 N–H and O–H groups in total. The smallest absolute Gasteiger partial charge is 0.403 e. The highest BCUT2D eigenvalue weighted by atomic mass is 32.1. The molecule has 2 rings (SSSR count). The van der Waals surface area contributed by atoms with E-state index in [1.165, 1.54) is 12.3 Å². The van der Waals surface area contributed by atoms with Crippen LogP contribution in [-0.4, -0.2) is 95.8 Å². The fraction of sp³-hybridized carbons (Fsp3) is 0.622. The average Bonchev–Trinajstić information content (AvgIpc) is 3.58. The molecular weight excluding hydrogens is 772 g/mol. The number of unbranched alkanes of at least 4 members (excludes halogenated alkanes) is 2. The quantitative estimate of drug-likeness (QED) is 0.0626. The van der Waals surface area contributed by atoms with Gasteiger partial charge in [0.2, 0.25) is 11.8 Å². The highest BCUT2D eigenvalue weighted by Crippen LogP contribution is 2.42. The molecule has 0 saturated carbocycles. The first-order chi connectivity index (χ1) is 26.1. The average molecular weight is 824 g/mol. The molecule has 12 nitrogen and oxygen atoms in total. The molecule has 2 aromatic rings. The first-order valence-electron chi connectivity index (χ1n) is 18.1. The van der Waals surface area contributed by atoms with E-state index in [2.05, 4.69) is 15.6 Å². The SMILES string of the molecule is CNCCCCCC(=O)N[C@@H](C(=O)N(C)[C@H](C[C@@H](OC(C)=O)c1nc(C(=O)N[C@@H](Cc2ccccc2)C[C@H](C)C(=O)O)cs1)C(C)C)C(C(F)(F)F)C(F)(F)F. The Balaban J connectivity index is 2.41. The van der Waals surface area contributed by atoms with Gasteiger partial charge in [-0.05, 0) is 50.8 Å². The molecule has 0 aliphatic carbocycles. The number of halogens is 6. The number of hydrogen-bond donors (Lipinski definition) is 4. The van der Waals surface area contributed by atoms with Gasteiger partial charge in [-0.1, -0.05) is 57.5 Å². The van der Waals surface area contributed by atoms with Crippen molar-refractivity contribution in [2.45, 2.75) is 109 Å². The summed E-state index contributed by atoms with van der Waals surface area (Å²) in [6.07, 6.45) is -12.4. The number of rotatable bonds is 22. The van der Waals surface area contributed by atoms with E-state index >= 15 is 0 Å². The molecule has 1 heterocycles. The largest absolute Gasteiger partial charge is 0.481 e. The minimum absolute atomic E-state index is 0.0435. The third kappa shape index (κ3) is 15.3. The van der Waals surface area contributed by atoms with E-state index in [4.69, 9.17) is 4.74 Å². The Morgan fingerprint density at radius 2 is 1.55 bits per heavy atom. The van der Waals surface area contributed by atoms with Gasteiger partial charge >= 0.3 is 24.3 Å². The van der Waals surface area contributed by atoms with E-state index in [0.717, 1.165) is 30.9 Å². The highest BCUT2D eigenvalue weighted by molar-refractivity contribution is 7.09. The number of aliphatic carboxylic acids is 1. The minimum Gasteiger partial charge on any atom is -0.481 e. The molecule has 314 valence electrons. The van der Waals surface area contributed by atoms with E-state index < -0.39 is 90.4 Å². The fourth-order valence-electron chi connectivity index (χ4n) is 6.16. The monoisotopic (exact) mass is 823 g/mol. The molecule has 0 aliphatic heterocycles. The topological polar surface area (TPSA) is 167 Å². The number of nitrogens with zero attached hydrogens (tertiary/aromatic N) is 2. The molecule has 0 unspecified atom stereocenters. The van der Waals surface area contributed by atoms with E-state index in [1.54, 1.807) is 44.4 Å². The zero-order chi connectivity index (χ0) is 42.4. The lowest BCUT2D eigenvalue weighted by atomic mass is 9.92. The second-order valence-corrected chi connectivity index (χ2v) is 14.9. The summed E-state index contributed by atoms with van der Waals surface area (Å²) in [5.74, 6) is -11.0. The third-order valence-corrected chi connectivity index (χ3v) is 10.0. The summed E-state index contributed by atoms with van der Waals surface area (Å²) in [6, 6.07) is 4.18. The highest BCUT2D eigenvalue weighted by Gasteiger charge is 2.63. The maximum atomic E-state index is 14.0. The summed E-state index contributed by atoms with van der Waals surface area (Å²) in [7, 11) is 2.70. The summed E-state index contributed by atoms with van der Waals surface area (Å²) >= 11 is 0.885. The van der Waals surface area contributed by atoms with Crippen LogP contribution in [0.3, 0.4) is 0 Å². The number of hydrogen-bond acceptors (Lipinski definition) is 9. The summed E-state index contributed by atoms with van der Waals surface area (Å²) < 4.78 is 89.8. The number of benzene rings is 1. The van der Waals surface area contributed by atoms with Gasteiger partial charge in [0.15, 0.2) is 12.0 Å². The van der Waals surface area contributed by atoms with Crippen molar-refractivity contribution in [1.29, 1.82) is 0 Å². The lowest BCUT2D eigenvalue weighted by Gasteiger charge is -2.38. The van der Waals surface area contributed by atoms with Crippen LogP contribution in [0.25, 0.3) is 0 Å². The number of ether oxygens (including phenoxy) is 1. The number of carboxylic acids is 1. The van der Waals surface area contributed by atoms with Crippen LogP contribution < -0.4 is 16.0 Å². The molecule has 1 aromatic heterocycles. The zero-order valence-electron chi connectivity index (χ0n) is 32.1. The van der Waals surface area contributed by atoms with E-state index in [1.807, 2.05) is 12.1 Å². The zero-order valence-corrected chi connectivity index (χ0v) is 32.9. The van der Waals surface area contributed by atoms with Crippen molar-refractivity contribution in [3.8, 4) is 0 Å². The lowest BCUT2D eigenvalue weighted by Crippen LogP contribution is -2.60. The number of amides is 3. The van der Waals surface area contributed by atoms with Crippen LogP contribution in [0.1, 0.15) is 93.4 Å². The van der Waals surface area contributed by atoms with Crippen LogP contribution in [0.2, 0.25) is 0 Å². The van der Waals surface area contributed by atoms with E-state index in [9.17, 15) is 55.4 Å². The second kappa shape index (κ2) is 21.9. The van der Waals surface area contributed by atoms with Crippen LogP contribution in [-0.2, 0) is 30.3 Å². The number of carbonyl (C=O) groups excluding carboxylic acids is 4. The Morgan fingerprint density at radius 3 is 2.09 bits per heavy atom. The van der Waals surface area contributed by atoms with Gasteiger partial charge in [0.25, 0.3) is 5.91 Å². The molecular formula is C37H51F6N5O7S. The van der Waals surface area contributed by atoms with Gasteiger partial charge < -0.3 is 30.7 Å². The molecule has 1 aromatic carbocycles. The Kier molecular flexibility index (Phi) is 18.7. The third-order valence-electron chi connectivity index (χ3n) is 9.08. The summed E-state index contributed by atoms with van der Waals surface area (Å²) in [5.41, 5.74) is 0.710. The van der Waals surface area contributed by atoms with Gasteiger partial charge in [-0.15, -0.1) is 11.3 Å². The number of nitrogens with one attached hydrogen (secondary N) is 3. The standard InChI is InChI=1S/C37H51F6N5O7S/c1-21(2)27(48(6)34(52)30(31(36(38,39)40)37(41,42)43)47-29(50)15-11-8-12-16-44-5)19-28(55-23(4)49)33-46-26(20-56-33)32(51)45-25(17-22(3)35(53)54)18-24-13-9-7-10-14-24/h7,9-10,13-14,20-22,25,27-28,30-31,44H,8,11-12,15-19H2,1-6H3,(H,45,51)(H,47,50)(H,53,54)/t22-,25+,27+,28+,30+/m0/s1. The fourth-order valence-corrected chi connectivity index (χ4v) is 7.00. The van der Waals surface area contributed by atoms with Crippen molar-refractivity contribution < 1.29 is 60.2 Å². The maximum absolute atomic E-state index is 14.0. The Bertz CT molecular complexity index is 1580. The van der Waals surface area contributed by atoms with Crippen molar-refractivity contribution in [3.05, 3.63) is 52.0 Å². The molecule has 3 amide bonds. The number of alkyl halides is 6. The van der Waals surface area contributed by atoms with Crippen LogP contribution >= 0.6 is 11.3 Å². The number of aromatic nitrogens is 1. The Hall–Kier alpha value is -4.26. The van der Waals surface area contributed by atoms with Gasteiger partial charge in [-0.3, -0.25) is 24.0 Å². The van der Waals surface area contributed by atoms with Gasteiger partial charge in [-0.2, -0.15) is 26.3 Å². The Labute approximate surface area is 326 Å². The van der Waals surface area contributed by atoms with Gasteiger partial charge in [0.05, 0.1) is 5.92 Å². The molecule has 56 heavy (non-hydrogen) atoms. The molecule has 0 fully saturated rings. The molecule has 19 heteroatoms. The van der Waals surface area contributed by atoms with Crippen molar-refractivity contribution in [2.75, 3.05) is 20.6 Å². The first-order valence-corrected chi connectivity index (χ1v) is 19.0. The van der Waals surface area contributed by atoms with Gasteiger partial charge in [0, 0.05) is 44.3 Å². The number of likely N-dealkylation sites (N-methyl/N-ethyl adjacent to an activating group) is 1. The minimum atomic E-state index is -5.96. The number of carboxylic acid groups (broad SMARTS) is 1. The normalized spacial score (nSPS) is 14.8. The van der Waals surface area contributed by atoms with Crippen molar-refractivity contribution in [1.82, 2.24) is 25.8 Å². The number of carbonyl (C=O) groups is 5. The van der Waals surface area contributed by atoms with Gasteiger partial charge in [-0.25, -0.2) is 4.98 Å². The van der Waals surface area contributed by atoms with Gasteiger partial charge in [0.1, 0.15) is 16.7 Å². The van der Waals surface area contributed by atoms with Crippen molar-refractivity contribution >= 4 is 41.0 Å². The summed E-state index contributed by atoms with van der Waals surface area (Å²) in [6.45, 7) is 6.25. The maximum Gasteiger partial charge on any atom is 0.403 e. The molecule has 0 aliphatic rings. The molecule has 0 saturated heterocycles. The van der Waals surface area contributed by atoms with E-state index in [0.29, 0.717) is 30.7 Å². The summed E-state index contributed by atoms with van der Waals surface area (Å²) in [4.78, 5) is 68.7. The van der Waals surface area contributed by atoms with Crippen LogP contribution in [0, 0.1) is 17.8 Å². The van der Waals surface area contributed by atoms with Crippen molar-refractivity contribution in [3.63, 3.8) is 0 Å². The molecule has 0 bridgehead atoms. The number of esters is 1.